The first-order chi connectivity index (χ1) is 12.0. The Labute approximate surface area is 141 Å². The molecule has 0 spiro atoms. The zero-order valence-electron chi connectivity index (χ0n) is 13.0. The molecule has 2 amide bonds. The number of imide groups is 1. The minimum atomic E-state index is -1.17. The predicted octanol–water partition coefficient (Wildman–Crippen LogP) is 2.41. The fraction of sp³-hybridized carbons (Fsp3) is 0.111. The first kappa shape index (κ1) is 15.3. The third kappa shape index (κ3) is 2.53. The van der Waals surface area contributed by atoms with Crippen LogP contribution in [0.3, 0.4) is 0 Å². The van der Waals surface area contributed by atoms with Gasteiger partial charge in [0.1, 0.15) is 5.70 Å². The minimum Gasteiger partial charge on any atom is -0.384 e. The number of carbonyl (C=O) groups excluding carboxylic acids is 2. The first-order valence-corrected chi connectivity index (χ1v) is 7.73. The lowest BCUT2D eigenvalue weighted by molar-refractivity contribution is -0.123. The zero-order valence-corrected chi connectivity index (χ0v) is 13.0. The Bertz CT molecular complexity index is 953. The summed E-state index contributed by atoms with van der Waals surface area (Å²) < 4.78 is 27.6. The summed E-state index contributed by atoms with van der Waals surface area (Å²) in [5.74, 6) is -3.69. The largest absolute Gasteiger partial charge is 0.384 e. The number of fused-ring (bicyclic) bond motifs is 1. The van der Waals surface area contributed by atoms with Gasteiger partial charge in [0.2, 0.25) is 0 Å². The second-order valence-electron chi connectivity index (χ2n) is 5.81. The second-order valence-corrected chi connectivity index (χ2v) is 5.81. The average molecular weight is 341 g/mol. The van der Waals surface area contributed by atoms with Gasteiger partial charge in [-0.15, -0.1) is 0 Å². The maximum atomic E-state index is 14.1. The number of anilines is 2. The van der Waals surface area contributed by atoms with Gasteiger partial charge >= 0.3 is 0 Å². The molecule has 0 bridgehead atoms. The van der Waals surface area contributed by atoms with E-state index in [0.717, 1.165) is 30.3 Å². The van der Waals surface area contributed by atoms with Crippen molar-refractivity contribution in [1.82, 2.24) is 5.32 Å². The maximum Gasteiger partial charge on any atom is 0.275 e. The van der Waals surface area contributed by atoms with E-state index in [1.165, 1.54) is 12.1 Å². The summed E-state index contributed by atoms with van der Waals surface area (Å²) in [6, 6.07) is 8.98. The zero-order chi connectivity index (χ0) is 17.6. The maximum absolute atomic E-state index is 14.1. The van der Waals surface area contributed by atoms with Crippen molar-refractivity contribution >= 4 is 28.8 Å². The summed E-state index contributed by atoms with van der Waals surface area (Å²) in [7, 11) is 0. The Hall–Kier alpha value is -3.22. The van der Waals surface area contributed by atoms with Gasteiger partial charge < -0.3 is 10.6 Å². The van der Waals surface area contributed by atoms with Crippen LogP contribution in [-0.2, 0) is 16.0 Å². The lowest BCUT2D eigenvalue weighted by Crippen LogP contribution is -2.24. The molecule has 2 heterocycles. The molecule has 0 radical (unpaired) electrons. The highest BCUT2D eigenvalue weighted by Crippen LogP contribution is 2.30. The van der Waals surface area contributed by atoms with E-state index < -0.39 is 23.4 Å². The molecule has 0 fully saturated rings. The number of benzene rings is 2. The highest BCUT2D eigenvalue weighted by Gasteiger charge is 2.33. The van der Waals surface area contributed by atoms with Crippen LogP contribution in [0.25, 0.3) is 5.57 Å². The van der Waals surface area contributed by atoms with Crippen molar-refractivity contribution in [3.63, 3.8) is 0 Å². The molecule has 0 atom stereocenters. The first-order valence-electron chi connectivity index (χ1n) is 7.73. The third-order valence-corrected chi connectivity index (χ3v) is 4.24. The molecule has 2 aromatic carbocycles. The molecule has 7 heteroatoms. The molecule has 0 saturated heterocycles. The van der Waals surface area contributed by atoms with Gasteiger partial charge in [-0.25, -0.2) is 8.78 Å². The van der Waals surface area contributed by atoms with Crippen LogP contribution in [-0.4, -0.2) is 18.4 Å². The van der Waals surface area contributed by atoms with E-state index in [2.05, 4.69) is 16.0 Å². The number of rotatable bonds is 3. The molecule has 0 unspecified atom stereocenters. The molecule has 3 N–H and O–H groups in total. The van der Waals surface area contributed by atoms with Crippen molar-refractivity contribution in [3.05, 3.63) is 64.9 Å². The summed E-state index contributed by atoms with van der Waals surface area (Å²) in [5.41, 5.74) is 2.13. The number of hydrogen-bond acceptors (Lipinski definition) is 4. The summed E-state index contributed by atoms with van der Waals surface area (Å²) in [5, 5.41) is 8.22. The van der Waals surface area contributed by atoms with E-state index in [4.69, 9.17) is 0 Å². The van der Waals surface area contributed by atoms with Crippen molar-refractivity contribution in [2.75, 3.05) is 17.2 Å². The van der Waals surface area contributed by atoms with Crippen LogP contribution in [0.2, 0.25) is 0 Å². The van der Waals surface area contributed by atoms with Crippen LogP contribution in [0.4, 0.5) is 20.2 Å². The second kappa shape index (κ2) is 5.70. The Balaban J connectivity index is 1.79. The third-order valence-electron chi connectivity index (χ3n) is 4.24. The van der Waals surface area contributed by atoms with E-state index in [1.807, 2.05) is 12.1 Å². The summed E-state index contributed by atoms with van der Waals surface area (Å²) in [4.78, 5) is 24.2. The van der Waals surface area contributed by atoms with E-state index >= 15 is 0 Å². The Morgan fingerprint density at radius 3 is 2.72 bits per heavy atom. The standard InChI is InChI=1S/C18H13F2N3O2/c19-12-3-1-2-11(15(12)20)14-16(18(25)23-17(14)24)22-10-4-5-13-9(8-10)6-7-21-13/h1-5,8,21H,6-7H2,(H2,22,23,24,25). The molecule has 0 aromatic heterocycles. The molecule has 2 aromatic rings. The van der Waals surface area contributed by atoms with Gasteiger partial charge in [-0.3, -0.25) is 14.9 Å². The number of halogens is 2. The highest BCUT2D eigenvalue weighted by atomic mass is 19.2. The summed E-state index contributed by atoms with van der Waals surface area (Å²) >= 11 is 0. The van der Waals surface area contributed by atoms with E-state index in [-0.39, 0.29) is 16.8 Å². The van der Waals surface area contributed by atoms with Gasteiger partial charge in [-0.1, -0.05) is 12.1 Å². The number of carbonyl (C=O) groups is 2. The molecule has 2 aliphatic rings. The molecular weight excluding hydrogens is 328 g/mol. The summed E-state index contributed by atoms with van der Waals surface area (Å²) in [6.07, 6.45) is 0.848. The molecular formula is C18H13F2N3O2. The van der Waals surface area contributed by atoms with Gasteiger partial charge in [0.25, 0.3) is 11.8 Å². The fourth-order valence-corrected chi connectivity index (χ4v) is 3.06. The van der Waals surface area contributed by atoms with Crippen molar-refractivity contribution in [2.24, 2.45) is 0 Å². The van der Waals surface area contributed by atoms with Gasteiger partial charge in [-0.2, -0.15) is 0 Å². The normalized spacial score (nSPS) is 15.9. The van der Waals surface area contributed by atoms with Gasteiger partial charge in [0.05, 0.1) is 5.57 Å². The Morgan fingerprint density at radius 2 is 1.88 bits per heavy atom. The molecule has 5 nitrogen and oxygen atoms in total. The lowest BCUT2D eigenvalue weighted by Gasteiger charge is -2.10. The molecule has 4 rings (SSSR count). The highest BCUT2D eigenvalue weighted by molar-refractivity contribution is 6.36. The van der Waals surface area contributed by atoms with Crippen LogP contribution in [0.1, 0.15) is 11.1 Å². The quantitative estimate of drug-likeness (QED) is 0.750. The summed E-state index contributed by atoms with van der Waals surface area (Å²) in [6.45, 7) is 0.834. The number of amides is 2. The van der Waals surface area contributed by atoms with Gasteiger partial charge in [-0.05, 0) is 36.2 Å². The van der Waals surface area contributed by atoms with E-state index in [1.54, 1.807) is 6.07 Å². The van der Waals surface area contributed by atoms with Gasteiger partial charge in [0.15, 0.2) is 11.6 Å². The monoisotopic (exact) mass is 341 g/mol. The van der Waals surface area contributed by atoms with E-state index in [9.17, 15) is 18.4 Å². The minimum absolute atomic E-state index is 0.0968. The molecule has 2 aliphatic heterocycles. The van der Waals surface area contributed by atoms with Crippen LogP contribution < -0.4 is 16.0 Å². The lowest BCUT2D eigenvalue weighted by atomic mass is 10.0. The van der Waals surface area contributed by atoms with Crippen molar-refractivity contribution in [2.45, 2.75) is 6.42 Å². The number of hydrogen-bond donors (Lipinski definition) is 3. The molecule has 0 saturated carbocycles. The topological polar surface area (TPSA) is 70.2 Å². The molecule has 0 aliphatic carbocycles. The Morgan fingerprint density at radius 1 is 1.04 bits per heavy atom. The SMILES string of the molecule is O=C1NC(=O)C(c2cccc(F)c2F)=C1Nc1ccc2c(c1)CCN2. The van der Waals surface area contributed by atoms with E-state index in [0.29, 0.717) is 5.69 Å². The fourth-order valence-electron chi connectivity index (χ4n) is 3.06. The molecule has 25 heavy (non-hydrogen) atoms. The Kier molecular flexibility index (Phi) is 3.49. The predicted molar refractivity (Wildman–Crippen MR) is 88.7 cm³/mol. The van der Waals surface area contributed by atoms with Crippen molar-refractivity contribution < 1.29 is 18.4 Å². The van der Waals surface area contributed by atoms with Crippen LogP contribution in [0.5, 0.6) is 0 Å². The average Bonchev–Trinajstić information content (AvgIpc) is 3.15. The van der Waals surface area contributed by atoms with Crippen LogP contribution >= 0.6 is 0 Å². The van der Waals surface area contributed by atoms with Gasteiger partial charge in [0, 0.05) is 23.5 Å². The van der Waals surface area contributed by atoms with Crippen LogP contribution in [0, 0.1) is 11.6 Å². The van der Waals surface area contributed by atoms with Crippen molar-refractivity contribution in [1.29, 1.82) is 0 Å². The smallest absolute Gasteiger partial charge is 0.275 e. The number of nitrogens with one attached hydrogen (secondary N) is 3. The van der Waals surface area contributed by atoms with Crippen molar-refractivity contribution in [3.8, 4) is 0 Å². The van der Waals surface area contributed by atoms with Crippen LogP contribution in [0.15, 0.2) is 42.1 Å². The molecule has 126 valence electrons.